The second-order valence-electron chi connectivity index (χ2n) is 9.35. The Labute approximate surface area is 179 Å². The molecule has 1 amide bonds. The molecule has 0 bridgehead atoms. The highest BCUT2D eigenvalue weighted by molar-refractivity contribution is 5.97. The van der Waals surface area contributed by atoms with Crippen molar-refractivity contribution in [1.29, 1.82) is 0 Å². The van der Waals surface area contributed by atoms with Crippen LogP contribution in [0.1, 0.15) is 63.0 Å². The van der Waals surface area contributed by atoms with Crippen molar-refractivity contribution in [3.05, 3.63) is 41.0 Å². The first kappa shape index (κ1) is 21.0. The van der Waals surface area contributed by atoms with Crippen molar-refractivity contribution in [2.75, 3.05) is 14.2 Å². The maximum absolute atomic E-state index is 13.1. The maximum Gasteiger partial charge on any atom is 0.328 e. The molecule has 1 aromatic rings. The number of carbonyl (C=O) groups is 2. The molecule has 0 aliphatic heterocycles. The molecule has 5 atom stereocenters. The molecule has 1 N–H and O–H groups in total. The van der Waals surface area contributed by atoms with Crippen molar-refractivity contribution in [2.45, 2.75) is 64.3 Å². The van der Waals surface area contributed by atoms with E-state index < -0.39 is 12.0 Å². The normalized spacial score (nSPS) is 30.7. The zero-order chi connectivity index (χ0) is 21.5. The van der Waals surface area contributed by atoms with Crippen molar-refractivity contribution in [3.8, 4) is 5.75 Å². The van der Waals surface area contributed by atoms with Gasteiger partial charge in [0.15, 0.2) is 0 Å². The van der Waals surface area contributed by atoms with Crippen molar-refractivity contribution in [3.63, 3.8) is 0 Å². The topological polar surface area (TPSA) is 64.6 Å². The number of allylic oxidation sites excluding steroid dienone is 1. The van der Waals surface area contributed by atoms with E-state index in [1.54, 1.807) is 14.0 Å². The van der Waals surface area contributed by atoms with Crippen LogP contribution in [-0.4, -0.2) is 32.1 Å². The average Bonchev–Trinajstić information content (AvgIpc) is 2.76. The molecule has 1 aromatic carbocycles. The first-order valence-corrected chi connectivity index (χ1v) is 11.1. The van der Waals surface area contributed by atoms with E-state index in [0.717, 1.165) is 43.4 Å². The maximum atomic E-state index is 13.1. The van der Waals surface area contributed by atoms with Gasteiger partial charge in [-0.05, 0) is 86.5 Å². The second-order valence-corrected chi connectivity index (χ2v) is 9.35. The van der Waals surface area contributed by atoms with Gasteiger partial charge in [0.1, 0.15) is 11.8 Å². The number of amides is 1. The summed E-state index contributed by atoms with van der Waals surface area (Å²) < 4.78 is 10.2. The molecule has 162 valence electrons. The number of ether oxygens (including phenoxy) is 2. The van der Waals surface area contributed by atoms with Gasteiger partial charge in [-0.25, -0.2) is 4.79 Å². The molecule has 0 radical (unpaired) electrons. The SMILES string of the molecule is COC(=O)C(C)NC(=O)C1=CCC[C@H]2[C@@H]3CCc4cc(OC)ccc4[C@H]3CC[C@@]12C. The molecule has 30 heavy (non-hydrogen) atoms. The summed E-state index contributed by atoms with van der Waals surface area (Å²) in [5.74, 6) is 2.06. The summed E-state index contributed by atoms with van der Waals surface area (Å²) in [5.41, 5.74) is 3.64. The molecule has 5 nitrogen and oxygen atoms in total. The van der Waals surface area contributed by atoms with Gasteiger partial charge >= 0.3 is 5.97 Å². The monoisotopic (exact) mass is 411 g/mol. The third-order valence-electron chi connectivity index (χ3n) is 7.91. The van der Waals surface area contributed by atoms with Gasteiger partial charge in [0, 0.05) is 11.0 Å². The Balaban J connectivity index is 1.57. The molecule has 4 rings (SSSR count). The van der Waals surface area contributed by atoms with E-state index in [-0.39, 0.29) is 11.3 Å². The molecule has 3 aliphatic rings. The highest BCUT2D eigenvalue weighted by Crippen LogP contribution is 2.60. The zero-order valence-corrected chi connectivity index (χ0v) is 18.5. The van der Waals surface area contributed by atoms with E-state index in [1.807, 2.05) is 0 Å². The third-order valence-corrected chi connectivity index (χ3v) is 7.91. The number of carbonyl (C=O) groups excluding carboxylic acids is 2. The van der Waals surface area contributed by atoms with Crippen molar-refractivity contribution in [1.82, 2.24) is 5.32 Å². The van der Waals surface area contributed by atoms with E-state index in [0.29, 0.717) is 17.8 Å². The molecule has 0 saturated heterocycles. The fourth-order valence-corrected chi connectivity index (χ4v) is 6.38. The lowest BCUT2D eigenvalue weighted by Crippen LogP contribution is -2.49. The average molecular weight is 412 g/mol. The highest BCUT2D eigenvalue weighted by Gasteiger charge is 2.52. The second kappa shape index (κ2) is 8.09. The molecule has 1 saturated carbocycles. The van der Waals surface area contributed by atoms with Crippen LogP contribution < -0.4 is 10.1 Å². The minimum absolute atomic E-state index is 0.112. The number of fused-ring (bicyclic) bond motifs is 5. The van der Waals surface area contributed by atoms with Gasteiger partial charge in [0.2, 0.25) is 5.91 Å². The quantitative estimate of drug-likeness (QED) is 0.756. The van der Waals surface area contributed by atoms with Crippen LogP contribution in [0.2, 0.25) is 0 Å². The van der Waals surface area contributed by atoms with E-state index in [2.05, 4.69) is 36.5 Å². The van der Waals surface area contributed by atoms with Crippen LogP contribution in [0.4, 0.5) is 0 Å². The molecule has 1 fully saturated rings. The van der Waals surface area contributed by atoms with Crippen LogP contribution in [0.3, 0.4) is 0 Å². The molecule has 0 heterocycles. The summed E-state index contributed by atoms with van der Waals surface area (Å²) in [4.78, 5) is 24.9. The third kappa shape index (κ3) is 3.42. The van der Waals surface area contributed by atoms with Gasteiger partial charge in [0.25, 0.3) is 0 Å². The van der Waals surface area contributed by atoms with E-state index >= 15 is 0 Å². The van der Waals surface area contributed by atoms with Crippen LogP contribution >= 0.6 is 0 Å². The minimum atomic E-state index is -0.639. The molecule has 1 unspecified atom stereocenters. The number of aryl methyl sites for hydroxylation is 1. The van der Waals surface area contributed by atoms with Crippen LogP contribution in [0.25, 0.3) is 0 Å². The van der Waals surface area contributed by atoms with Crippen molar-refractivity contribution < 1.29 is 19.1 Å². The number of esters is 1. The smallest absolute Gasteiger partial charge is 0.328 e. The van der Waals surface area contributed by atoms with E-state index in [1.165, 1.54) is 24.7 Å². The molecule has 0 aromatic heterocycles. The van der Waals surface area contributed by atoms with E-state index in [9.17, 15) is 9.59 Å². The molecular weight excluding hydrogens is 378 g/mol. The number of hydrogen-bond acceptors (Lipinski definition) is 4. The van der Waals surface area contributed by atoms with Crippen molar-refractivity contribution in [2.24, 2.45) is 17.3 Å². The summed E-state index contributed by atoms with van der Waals surface area (Å²) in [6, 6.07) is 5.91. The molecule has 3 aliphatic carbocycles. The Hall–Kier alpha value is -2.30. The van der Waals surface area contributed by atoms with Crippen molar-refractivity contribution >= 4 is 11.9 Å². The number of hydrogen-bond donors (Lipinski definition) is 1. The fourth-order valence-electron chi connectivity index (χ4n) is 6.38. The Morgan fingerprint density at radius 1 is 1.20 bits per heavy atom. The summed E-state index contributed by atoms with van der Waals surface area (Å²) in [6.45, 7) is 3.95. The lowest BCUT2D eigenvalue weighted by atomic mass is 9.50. The first-order valence-electron chi connectivity index (χ1n) is 11.1. The summed E-state index contributed by atoms with van der Waals surface area (Å²) in [5, 5.41) is 2.86. The van der Waals surface area contributed by atoms with Gasteiger partial charge in [-0.2, -0.15) is 0 Å². The largest absolute Gasteiger partial charge is 0.497 e. The fraction of sp³-hybridized carbons (Fsp3) is 0.600. The molecule has 0 spiro atoms. The molecular formula is C25H33NO4. The predicted molar refractivity (Wildman–Crippen MR) is 115 cm³/mol. The zero-order valence-electron chi connectivity index (χ0n) is 18.5. The predicted octanol–water partition coefficient (Wildman–Crippen LogP) is 4.16. The van der Waals surface area contributed by atoms with Gasteiger partial charge in [0.05, 0.1) is 14.2 Å². The summed E-state index contributed by atoms with van der Waals surface area (Å²) in [7, 11) is 3.07. The summed E-state index contributed by atoms with van der Waals surface area (Å²) in [6.07, 6.45) is 8.49. The Bertz CT molecular complexity index is 876. The van der Waals surface area contributed by atoms with Crippen LogP contribution in [0, 0.1) is 17.3 Å². The van der Waals surface area contributed by atoms with Gasteiger partial charge in [-0.3, -0.25) is 4.79 Å². The lowest BCUT2D eigenvalue weighted by molar-refractivity contribution is -0.144. The lowest BCUT2D eigenvalue weighted by Gasteiger charge is -2.54. The first-order chi connectivity index (χ1) is 14.4. The van der Waals surface area contributed by atoms with Crippen LogP contribution in [0.15, 0.2) is 29.8 Å². The standard InChI is InChI=1S/C25H33NO4/c1-15(24(28)30-4)26-23(27)22-7-5-6-21-20-10-8-16-14-17(29-3)9-11-18(16)19(20)12-13-25(21,22)2/h7,9,11,14-15,19-21H,5-6,8,10,12-13H2,1-4H3,(H,26,27)/t15?,19-,20-,21+,25-/m1/s1. The number of nitrogens with one attached hydrogen (secondary N) is 1. The minimum Gasteiger partial charge on any atom is -0.497 e. The molecule has 5 heteroatoms. The number of methoxy groups -OCH3 is 2. The number of rotatable bonds is 4. The summed E-state index contributed by atoms with van der Waals surface area (Å²) >= 11 is 0. The van der Waals surface area contributed by atoms with Gasteiger partial charge in [-0.1, -0.05) is 19.1 Å². The highest BCUT2D eigenvalue weighted by atomic mass is 16.5. The Morgan fingerprint density at radius 2 is 2.00 bits per heavy atom. The Kier molecular flexibility index (Phi) is 5.65. The van der Waals surface area contributed by atoms with Gasteiger partial charge < -0.3 is 14.8 Å². The number of benzene rings is 1. The van der Waals surface area contributed by atoms with E-state index in [4.69, 9.17) is 9.47 Å². The van der Waals surface area contributed by atoms with Gasteiger partial charge in [-0.15, -0.1) is 0 Å². The van der Waals surface area contributed by atoms with Crippen LogP contribution in [-0.2, 0) is 20.7 Å². The van der Waals surface area contributed by atoms with Crippen LogP contribution in [0.5, 0.6) is 5.75 Å². The Morgan fingerprint density at radius 3 is 2.73 bits per heavy atom.